The van der Waals surface area contributed by atoms with Gasteiger partial charge in [-0.05, 0) is 44.0 Å². The largest absolute Gasteiger partial charge is 0.411 e. The summed E-state index contributed by atoms with van der Waals surface area (Å²) in [7, 11) is 0. The molecule has 122 valence electrons. The summed E-state index contributed by atoms with van der Waals surface area (Å²) in [6.07, 6.45) is 4.54. The highest BCUT2D eigenvalue weighted by atomic mass is 35.5. The van der Waals surface area contributed by atoms with Gasteiger partial charge in [0, 0.05) is 16.6 Å². The van der Waals surface area contributed by atoms with Gasteiger partial charge in [-0.25, -0.2) is 0 Å². The number of hydrogen-bond acceptors (Lipinski definition) is 5. The first-order chi connectivity index (χ1) is 11.1. The second-order valence-electron chi connectivity index (χ2n) is 5.63. The minimum absolute atomic E-state index is 0.0214. The summed E-state index contributed by atoms with van der Waals surface area (Å²) in [5.41, 5.74) is 0.803. The summed E-state index contributed by atoms with van der Waals surface area (Å²) in [4.78, 5) is 12.2. The maximum absolute atomic E-state index is 12.2. The number of thioether (sulfide) groups is 1. The summed E-state index contributed by atoms with van der Waals surface area (Å²) >= 11 is 7.14. The van der Waals surface area contributed by atoms with E-state index in [0.29, 0.717) is 22.2 Å². The van der Waals surface area contributed by atoms with Crippen molar-refractivity contribution >= 4 is 29.3 Å². The quantitative estimate of drug-likeness (QED) is 0.826. The second kappa shape index (κ2) is 7.36. The fourth-order valence-corrected chi connectivity index (χ4v) is 3.38. The van der Waals surface area contributed by atoms with Crippen LogP contribution in [-0.4, -0.2) is 27.4 Å². The molecule has 1 amide bonds. The van der Waals surface area contributed by atoms with E-state index in [1.54, 1.807) is 12.1 Å². The first kappa shape index (κ1) is 16.3. The molecule has 1 fully saturated rings. The van der Waals surface area contributed by atoms with E-state index in [-0.39, 0.29) is 11.2 Å². The van der Waals surface area contributed by atoms with Crippen molar-refractivity contribution in [2.45, 2.75) is 49.1 Å². The summed E-state index contributed by atoms with van der Waals surface area (Å²) in [5.74, 6) is 0.445. The highest BCUT2D eigenvalue weighted by Gasteiger charge is 2.23. The van der Waals surface area contributed by atoms with Crippen LogP contribution in [0, 0.1) is 0 Å². The van der Waals surface area contributed by atoms with Gasteiger partial charge in [-0.1, -0.05) is 36.2 Å². The van der Waals surface area contributed by atoms with E-state index in [0.717, 1.165) is 18.4 Å². The Morgan fingerprint density at radius 2 is 2.00 bits per heavy atom. The Balaban J connectivity index is 1.59. The van der Waals surface area contributed by atoms with Gasteiger partial charge in [0.25, 0.3) is 5.22 Å². The van der Waals surface area contributed by atoms with Gasteiger partial charge in [0.2, 0.25) is 11.8 Å². The molecule has 0 unspecified atom stereocenters. The van der Waals surface area contributed by atoms with Gasteiger partial charge in [-0.2, -0.15) is 0 Å². The molecule has 2 aromatic rings. The van der Waals surface area contributed by atoms with E-state index in [9.17, 15) is 4.79 Å². The van der Waals surface area contributed by atoms with Crippen LogP contribution in [0.4, 0.5) is 0 Å². The van der Waals surface area contributed by atoms with E-state index in [1.165, 1.54) is 24.6 Å². The lowest BCUT2D eigenvalue weighted by molar-refractivity contribution is -0.120. The van der Waals surface area contributed by atoms with Gasteiger partial charge in [0.1, 0.15) is 0 Å². The Hall–Kier alpha value is -1.53. The SMILES string of the molecule is C[C@@H](Sc1nnc(-c2ccc(Cl)cc2)o1)C(=O)NC1CCCC1. The molecule has 0 radical (unpaired) electrons. The Morgan fingerprint density at radius 1 is 1.30 bits per heavy atom. The number of nitrogens with one attached hydrogen (secondary N) is 1. The Labute approximate surface area is 144 Å². The van der Waals surface area contributed by atoms with Crippen molar-refractivity contribution in [3.05, 3.63) is 29.3 Å². The van der Waals surface area contributed by atoms with Crippen LogP contribution in [0.3, 0.4) is 0 Å². The first-order valence-corrected chi connectivity index (χ1v) is 8.94. The van der Waals surface area contributed by atoms with Gasteiger partial charge in [0.15, 0.2) is 0 Å². The Bertz CT molecular complexity index is 668. The first-order valence-electron chi connectivity index (χ1n) is 7.68. The number of rotatable bonds is 5. The minimum atomic E-state index is -0.269. The average molecular weight is 352 g/mol. The standard InChI is InChI=1S/C16H18ClN3O2S/c1-10(14(21)18-13-4-2-3-5-13)23-16-20-19-15(22-16)11-6-8-12(17)9-7-11/h6-10,13H,2-5H2,1H3,(H,18,21)/t10-/m1/s1. The molecule has 1 aliphatic carbocycles. The molecule has 1 N–H and O–H groups in total. The van der Waals surface area contributed by atoms with Crippen LogP contribution in [0.25, 0.3) is 11.5 Å². The number of aromatic nitrogens is 2. The van der Waals surface area contributed by atoms with Crippen molar-refractivity contribution in [1.29, 1.82) is 0 Å². The van der Waals surface area contributed by atoms with E-state index >= 15 is 0 Å². The molecule has 1 aromatic heterocycles. The number of carbonyl (C=O) groups excluding carboxylic acids is 1. The summed E-state index contributed by atoms with van der Waals surface area (Å²) in [6, 6.07) is 7.50. The fraction of sp³-hybridized carbons (Fsp3) is 0.438. The molecule has 0 bridgehead atoms. The third kappa shape index (κ3) is 4.26. The molecule has 1 atom stereocenters. The zero-order chi connectivity index (χ0) is 16.2. The van der Waals surface area contributed by atoms with E-state index in [1.807, 2.05) is 19.1 Å². The van der Waals surface area contributed by atoms with Crippen LogP contribution in [0.1, 0.15) is 32.6 Å². The van der Waals surface area contributed by atoms with Gasteiger partial charge in [0.05, 0.1) is 5.25 Å². The van der Waals surface area contributed by atoms with Crippen LogP contribution in [0.2, 0.25) is 5.02 Å². The van der Waals surface area contributed by atoms with E-state index < -0.39 is 0 Å². The van der Waals surface area contributed by atoms with Crippen molar-refractivity contribution < 1.29 is 9.21 Å². The highest BCUT2D eigenvalue weighted by Crippen LogP contribution is 2.27. The van der Waals surface area contributed by atoms with Crippen LogP contribution in [0.5, 0.6) is 0 Å². The van der Waals surface area contributed by atoms with Gasteiger partial charge < -0.3 is 9.73 Å². The normalized spacial score (nSPS) is 16.4. The lowest BCUT2D eigenvalue weighted by atomic mass is 10.2. The maximum Gasteiger partial charge on any atom is 0.277 e. The predicted molar refractivity (Wildman–Crippen MR) is 90.5 cm³/mol. The minimum Gasteiger partial charge on any atom is -0.411 e. The van der Waals surface area contributed by atoms with Gasteiger partial charge in [-0.15, -0.1) is 10.2 Å². The maximum atomic E-state index is 12.2. The summed E-state index contributed by atoms with van der Waals surface area (Å²) in [6.45, 7) is 1.85. The highest BCUT2D eigenvalue weighted by molar-refractivity contribution is 8.00. The predicted octanol–water partition coefficient (Wildman–Crippen LogP) is 3.93. The van der Waals surface area contributed by atoms with Crippen LogP contribution < -0.4 is 5.32 Å². The zero-order valence-corrected chi connectivity index (χ0v) is 14.4. The van der Waals surface area contributed by atoms with Gasteiger partial charge >= 0.3 is 0 Å². The number of nitrogens with zero attached hydrogens (tertiary/aromatic N) is 2. The molecule has 0 aliphatic heterocycles. The van der Waals surface area contributed by atoms with E-state index in [2.05, 4.69) is 15.5 Å². The fourth-order valence-electron chi connectivity index (χ4n) is 2.56. The lowest BCUT2D eigenvalue weighted by Gasteiger charge is -2.14. The molecule has 23 heavy (non-hydrogen) atoms. The van der Waals surface area contributed by atoms with Crippen LogP contribution in [0.15, 0.2) is 33.9 Å². The molecular formula is C16H18ClN3O2S. The third-order valence-electron chi connectivity index (χ3n) is 3.85. The number of carbonyl (C=O) groups is 1. The molecule has 0 spiro atoms. The molecule has 0 saturated heterocycles. The summed E-state index contributed by atoms with van der Waals surface area (Å²) < 4.78 is 5.62. The molecule has 3 rings (SSSR count). The average Bonchev–Trinajstić information content (AvgIpc) is 3.20. The number of hydrogen-bond donors (Lipinski definition) is 1. The van der Waals surface area contributed by atoms with E-state index in [4.69, 9.17) is 16.0 Å². The third-order valence-corrected chi connectivity index (χ3v) is 5.03. The number of amides is 1. The van der Waals surface area contributed by atoms with Crippen LogP contribution in [-0.2, 0) is 4.79 Å². The Kier molecular flexibility index (Phi) is 5.23. The molecule has 7 heteroatoms. The molecule has 5 nitrogen and oxygen atoms in total. The molecule has 1 aliphatic rings. The van der Waals surface area contributed by atoms with Gasteiger partial charge in [-0.3, -0.25) is 4.79 Å². The monoisotopic (exact) mass is 351 g/mol. The van der Waals surface area contributed by atoms with Crippen molar-refractivity contribution in [2.75, 3.05) is 0 Å². The molecule has 1 aromatic carbocycles. The number of halogens is 1. The van der Waals surface area contributed by atoms with Crippen molar-refractivity contribution in [3.63, 3.8) is 0 Å². The second-order valence-corrected chi connectivity index (χ2v) is 7.36. The smallest absolute Gasteiger partial charge is 0.277 e. The molecule has 1 heterocycles. The Morgan fingerprint density at radius 3 is 2.70 bits per heavy atom. The summed E-state index contributed by atoms with van der Waals surface area (Å²) in [5, 5.41) is 11.9. The lowest BCUT2D eigenvalue weighted by Crippen LogP contribution is -2.37. The van der Waals surface area contributed by atoms with Crippen molar-refractivity contribution in [3.8, 4) is 11.5 Å². The molecular weight excluding hydrogens is 334 g/mol. The van der Waals surface area contributed by atoms with Crippen LogP contribution >= 0.6 is 23.4 Å². The topological polar surface area (TPSA) is 68.0 Å². The van der Waals surface area contributed by atoms with Crippen molar-refractivity contribution in [2.24, 2.45) is 0 Å². The molecule has 1 saturated carbocycles. The zero-order valence-electron chi connectivity index (χ0n) is 12.8. The van der Waals surface area contributed by atoms with Crippen molar-refractivity contribution in [1.82, 2.24) is 15.5 Å². The number of benzene rings is 1.